The third-order valence-corrected chi connectivity index (χ3v) is 4.66. The van der Waals surface area contributed by atoms with Crippen molar-refractivity contribution in [3.05, 3.63) is 59.7 Å². The van der Waals surface area contributed by atoms with E-state index in [9.17, 15) is 9.59 Å². The molecule has 0 unspecified atom stereocenters. The van der Waals surface area contributed by atoms with Crippen molar-refractivity contribution in [1.29, 1.82) is 0 Å². The van der Waals surface area contributed by atoms with Crippen LogP contribution in [0.5, 0.6) is 5.75 Å². The molecule has 2 amide bonds. The minimum Gasteiger partial charge on any atom is -0.494 e. The summed E-state index contributed by atoms with van der Waals surface area (Å²) >= 11 is 0. The number of rotatable bonds is 8. The fourth-order valence-electron chi connectivity index (χ4n) is 3.07. The van der Waals surface area contributed by atoms with Crippen LogP contribution in [0.1, 0.15) is 41.6 Å². The van der Waals surface area contributed by atoms with Crippen molar-refractivity contribution in [2.24, 2.45) is 0 Å². The van der Waals surface area contributed by atoms with E-state index in [0.717, 1.165) is 37.2 Å². The Kier molecular flexibility index (Phi) is 6.47. The first-order chi connectivity index (χ1) is 13.1. The van der Waals surface area contributed by atoms with Crippen molar-refractivity contribution in [3.8, 4) is 5.75 Å². The highest BCUT2D eigenvalue weighted by Gasteiger charge is 2.21. The van der Waals surface area contributed by atoms with Crippen molar-refractivity contribution < 1.29 is 14.3 Å². The van der Waals surface area contributed by atoms with E-state index in [2.05, 4.69) is 5.32 Å². The predicted octanol–water partition coefficient (Wildman–Crippen LogP) is 3.71. The topological polar surface area (TPSA) is 58.6 Å². The number of amides is 2. The molecule has 0 bridgehead atoms. The molecular weight excluding hydrogens is 340 g/mol. The van der Waals surface area contributed by atoms with Gasteiger partial charge < -0.3 is 15.0 Å². The average molecular weight is 366 g/mol. The lowest BCUT2D eigenvalue weighted by molar-refractivity contribution is -0.117. The van der Waals surface area contributed by atoms with Gasteiger partial charge in [-0.05, 0) is 62.6 Å². The Morgan fingerprint density at radius 2 is 1.81 bits per heavy atom. The third kappa shape index (κ3) is 5.33. The number of ether oxygens (including phenoxy) is 1. The first kappa shape index (κ1) is 19.0. The molecule has 142 valence electrons. The Morgan fingerprint density at radius 3 is 2.48 bits per heavy atom. The van der Waals surface area contributed by atoms with Crippen molar-refractivity contribution in [3.63, 3.8) is 0 Å². The Bertz CT molecular complexity index is 769. The average Bonchev–Trinajstić information content (AvgIpc) is 3.12. The Hall–Kier alpha value is -2.82. The molecular formula is C22H26N2O3. The van der Waals surface area contributed by atoms with Crippen LogP contribution in [0.3, 0.4) is 0 Å². The fourth-order valence-corrected chi connectivity index (χ4v) is 3.07. The van der Waals surface area contributed by atoms with E-state index >= 15 is 0 Å². The molecule has 1 N–H and O–H groups in total. The van der Waals surface area contributed by atoms with E-state index in [1.807, 2.05) is 43.3 Å². The number of aryl methyl sites for hydroxylation is 1. The molecule has 0 aliphatic carbocycles. The second kappa shape index (κ2) is 9.21. The van der Waals surface area contributed by atoms with Crippen molar-refractivity contribution in [1.82, 2.24) is 5.32 Å². The van der Waals surface area contributed by atoms with E-state index < -0.39 is 0 Å². The van der Waals surface area contributed by atoms with E-state index in [1.165, 1.54) is 5.56 Å². The summed E-state index contributed by atoms with van der Waals surface area (Å²) in [6.45, 7) is 4.06. The molecule has 3 rings (SSSR count). The minimum absolute atomic E-state index is 0.0891. The van der Waals surface area contributed by atoms with Crippen LogP contribution >= 0.6 is 0 Å². The number of nitrogens with zero attached hydrogens (tertiary/aromatic N) is 1. The summed E-state index contributed by atoms with van der Waals surface area (Å²) in [5.41, 5.74) is 2.69. The van der Waals surface area contributed by atoms with Gasteiger partial charge in [-0.25, -0.2) is 0 Å². The zero-order valence-electron chi connectivity index (χ0n) is 15.7. The maximum absolute atomic E-state index is 12.2. The van der Waals surface area contributed by atoms with Crippen LogP contribution < -0.4 is 15.0 Å². The van der Waals surface area contributed by atoms with Gasteiger partial charge in [0.1, 0.15) is 5.75 Å². The van der Waals surface area contributed by atoms with Crippen LogP contribution in [0.2, 0.25) is 0 Å². The van der Waals surface area contributed by atoms with Gasteiger partial charge in [-0.15, -0.1) is 0 Å². The molecule has 1 saturated heterocycles. The van der Waals surface area contributed by atoms with Gasteiger partial charge in [-0.3, -0.25) is 9.59 Å². The van der Waals surface area contributed by atoms with E-state index in [-0.39, 0.29) is 11.8 Å². The summed E-state index contributed by atoms with van der Waals surface area (Å²) in [6.07, 6.45) is 3.24. The number of nitrogens with one attached hydrogen (secondary N) is 1. The van der Waals surface area contributed by atoms with Crippen LogP contribution in [-0.4, -0.2) is 31.5 Å². The summed E-state index contributed by atoms with van der Waals surface area (Å²) in [4.78, 5) is 25.7. The maximum Gasteiger partial charge on any atom is 0.251 e. The summed E-state index contributed by atoms with van der Waals surface area (Å²) in [7, 11) is 0. The van der Waals surface area contributed by atoms with Gasteiger partial charge in [0.2, 0.25) is 5.91 Å². The summed E-state index contributed by atoms with van der Waals surface area (Å²) in [5.74, 6) is 0.940. The first-order valence-electron chi connectivity index (χ1n) is 9.51. The van der Waals surface area contributed by atoms with Crippen molar-refractivity contribution in [2.45, 2.75) is 32.6 Å². The number of hydrogen-bond donors (Lipinski definition) is 1. The van der Waals surface area contributed by atoms with Gasteiger partial charge in [-0.2, -0.15) is 0 Å². The normalized spacial score (nSPS) is 13.7. The molecule has 1 heterocycles. The molecule has 0 atom stereocenters. The van der Waals surface area contributed by atoms with Crippen molar-refractivity contribution >= 4 is 17.5 Å². The highest BCUT2D eigenvalue weighted by molar-refractivity contribution is 5.97. The van der Waals surface area contributed by atoms with Crippen LogP contribution in [0, 0.1) is 6.92 Å². The molecule has 2 aromatic carbocycles. The second-order valence-electron chi connectivity index (χ2n) is 6.82. The molecule has 0 aromatic heterocycles. The number of carbonyl (C=O) groups is 2. The van der Waals surface area contributed by atoms with E-state index in [1.54, 1.807) is 17.0 Å². The molecule has 1 fully saturated rings. The van der Waals surface area contributed by atoms with Crippen molar-refractivity contribution in [2.75, 3.05) is 24.6 Å². The van der Waals surface area contributed by atoms with Gasteiger partial charge in [0, 0.05) is 30.8 Å². The third-order valence-electron chi connectivity index (χ3n) is 4.66. The lowest BCUT2D eigenvalue weighted by Crippen LogP contribution is -2.25. The molecule has 0 saturated carbocycles. The summed E-state index contributed by atoms with van der Waals surface area (Å²) in [6, 6.07) is 15.2. The van der Waals surface area contributed by atoms with Crippen LogP contribution in [0.15, 0.2) is 48.5 Å². The Labute approximate surface area is 160 Å². The standard InChI is InChI=1S/C22H26N2O3/c1-17-6-12-20(13-7-17)27-16-3-2-14-23-22(26)18-8-10-19(11-9-18)24-15-4-5-21(24)25/h6-13H,2-5,14-16H2,1H3,(H,23,26). The zero-order chi connectivity index (χ0) is 19.1. The van der Waals surface area contributed by atoms with Gasteiger partial charge in [-0.1, -0.05) is 17.7 Å². The van der Waals surface area contributed by atoms with Gasteiger partial charge in [0.25, 0.3) is 5.91 Å². The number of carbonyl (C=O) groups excluding carboxylic acids is 2. The number of hydrogen-bond acceptors (Lipinski definition) is 3. The lowest BCUT2D eigenvalue weighted by atomic mass is 10.2. The molecule has 27 heavy (non-hydrogen) atoms. The summed E-state index contributed by atoms with van der Waals surface area (Å²) < 4.78 is 5.68. The van der Waals surface area contributed by atoms with Crippen LogP contribution in [0.25, 0.3) is 0 Å². The Balaban J connectivity index is 1.35. The quantitative estimate of drug-likeness (QED) is 0.725. The summed E-state index contributed by atoms with van der Waals surface area (Å²) in [5, 5.41) is 2.93. The highest BCUT2D eigenvalue weighted by Crippen LogP contribution is 2.21. The fraction of sp³-hybridized carbons (Fsp3) is 0.364. The zero-order valence-corrected chi connectivity index (χ0v) is 15.7. The predicted molar refractivity (Wildman–Crippen MR) is 106 cm³/mol. The minimum atomic E-state index is -0.0891. The molecule has 0 radical (unpaired) electrons. The maximum atomic E-state index is 12.2. The molecule has 1 aliphatic heterocycles. The molecule has 2 aromatic rings. The molecule has 0 spiro atoms. The highest BCUT2D eigenvalue weighted by atomic mass is 16.5. The smallest absolute Gasteiger partial charge is 0.251 e. The molecule has 1 aliphatic rings. The molecule has 5 heteroatoms. The molecule has 5 nitrogen and oxygen atoms in total. The number of unbranched alkanes of at least 4 members (excludes halogenated alkanes) is 1. The largest absolute Gasteiger partial charge is 0.494 e. The lowest BCUT2D eigenvalue weighted by Gasteiger charge is -2.15. The van der Waals surface area contributed by atoms with E-state index in [0.29, 0.717) is 25.1 Å². The Morgan fingerprint density at radius 1 is 1.07 bits per heavy atom. The van der Waals surface area contributed by atoms with Gasteiger partial charge in [0.05, 0.1) is 6.61 Å². The van der Waals surface area contributed by atoms with Gasteiger partial charge >= 0.3 is 0 Å². The van der Waals surface area contributed by atoms with Crippen LogP contribution in [0.4, 0.5) is 5.69 Å². The SMILES string of the molecule is Cc1ccc(OCCCCNC(=O)c2ccc(N3CCCC3=O)cc2)cc1. The number of benzene rings is 2. The second-order valence-corrected chi connectivity index (χ2v) is 6.82. The first-order valence-corrected chi connectivity index (χ1v) is 9.51. The van der Waals surface area contributed by atoms with Gasteiger partial charge in [0.15, 0.2) is 0 Å². The number of anilines is 1. The van der Waals surface area contributed by atoms with Crippen LogP contribution in [-0.2, 0) is 4.79 Å². The monoisotopic (exact) mass is 366 g/mol. The van der Waals surface area contributed by atoms with E-state index in [4.69, 9.17) is 4.74 Å².